The summed E-state index contributed by atoms with van der Waals surface area (Å²) in [5, 5.41) is 5.22. The maximum absolute atomic E-state index is 13.1. The average molecular weight is 409 g/mol. The number of anilines is 2. The minimum absolute atomic E-state index is 0.0636. The second-order valence-corrected chi connectivity index (χ2v) is 6.81. The summed E-state index contributed by atoms with van der Waals surface area (Å²) in [7, 11) is 0. The maximum atomic E-state index is 13.1. The molecule has 2 N–H and O–H groups in total. The van der Waals surface area contributed by atoms with Gasteiger partial charge in [0.2, 0.25) is 5.91 Å². The lowest BCUT2D eigenvalue weighted by Crippen LogP contribution is -2.25. The van der Waals surface area contributed by atoms with Gasteiger partial charge in [-0.1, -0.05) is 0 Å². The van der Waals surface area contributed by atoms with E-state index < -0.39 is 17.6 Å². The van der Waals surface area contributed by atoms with Crippen LogP contribution in [0, 0.1) is 0 Å². The topological polar surface area (TPSA) is 74.6 Å². The molecule has 1 saturated heterocycles. The van der Waals surface area contributed by atoms with Crippen molar-refractivity contribution in [2.75, 3.05) is 29.9 Å². The highest BCUT2D eigenvalue weighted by Gasteiger charge is 2.32. The predicted octanol–water partition coefficient (Wildman–Crippen LogP) is 4.05. The van der Waals surface area contributed by atoms with Gasteiger partial charge >= 0.3 is 6.18 Å². The molecule has 2 aromatic rings. The van der Waals surface area contributed by atoms with Crippen molar-refractivity contribution in [3.05, 3.63) is 47.9 Å². The van der Waals surface area contributed by atoms with E-state index in [1.54, 1.807) is 6.07 Å². The number of hydrogen-bond acceptors (Lipinski definition) is 4. The molecule has 29 heavy (non-hydrogen) atoms. The second kappa shape index (κ2) is 9.02. The van der Waals surface area contributed by atoms with Gasteiger partial charge in [-0.3, -0.25) is 9.59 Å². The highest BCUT2D eigenvalue weighted by atomic mass is 19.4. The third-order valence-corrected chi connectivity index (χ3v) is 4.66. The third-order valence-electron chi connectivity index (χ3n) is 4.66. The molecule has 1 aliphatic heterocycles. The molecular formula is C20H22F3N3O3. The molecule has 0 saturated carbocycles. The van der Waals surface area contributed by atoms with E-state index in [0.717, 1.165) is 38.1 Å². The number of nitrogens with zero attached hydrogens (tertiary/aromatic N) is 1. The number of benzene rings is 1. The molecule has 1 aromatic carbocycles. The molecule has 156 valence electrons. The quantitative estimate of drug-likeness (QED) is 0.677. The Morgan fingerprint density at radius 2 is 1.90 bits per heavy atom. The Balaban J connectivity index is 1.58. The van der Waals surface area contributed by atoms with Crippen LogP contribution in [0.3, 0.4) is 0 Å². The van der Waals surface area contributed by atoms with Crippen LogP contribution >= 0.6 is 0 Å². The molecule has 6 nitrogen and oxygen atoms in total. The van der Waals surface area contributed by atoms with Gasteiger partial charge in [0, 0.05) is 26.1 Å². The first-order chi connectivity index (χ1) is 13.8. The lowest BCUT2D eigenvalue weighted by atomic mass is 10.1. The number of halogens is 3. The van der Waals surface area contributed by atoms with Crippen molar-refractivity contribution < 1.29 is 27.2 Å². The number of nitrogens with one attached hydrogen (secondary N) is 2. The van der Waals surface area contributed by atoms with Crippen molar-refractivity contribution in [1.29, 1.82) is 0 Å². The molecule has 3 rings (SSSR count). The Labute approximate surface area is 166 Å². The van der Waals surface area contributed by atoms with Crippen LogP contribution < -0.4 is 15.5 Å². The van der Waals surface area contributed by atoms with E-state index in [4.69, 9.17) is 4.42 Å². The first kappa shape index (κ1) is 20.8. The van der Waals surface area contributed by atoms with Gasteiger partial charge in [0.05, 0.1) is 23.2 Å². The van der Waals surface area contributed by atoms with Gasteiger partial charge in [0.15, 0.2) is 5.76 Å². The fourth-order valence-corrected chi connectivity index (χ4v) is 3.20. The zero-order valence-electron chi connectivity index (χ0n) is 15.7. The van der Waals surface area contributed by atoms with Crippen LogP contribution in [0.2, 0.25) is 0 Å². The molecule has 0 bridgehead atoms. The van der Waals surface area contributed by atoms with Crippen LogP contribution in [0.1, 0.15) is 41.8 Å². The number of carbonyl (C=O) groups is 2. The lowest BCUT2D eigenvalue weighted by Gasteiger charge is -2.23. The minimum Gasteiger partial charge on any atom is -0.459 e. The van der Waals surface area contributed by atoms with Crippen LogP contribution in [-0.4, -0.2) is 31.4 Å². The molecule has 9 heteroatoms. The number of alkyl halides is 3. The standard InChI is InChI=1S/C20H22F3N3O3/c21-20(22,23)14-7-8-16(26-10-1-2-11-26)15(13-14)25-18(27)6-3-9-24-19(28)17-5-4-12-29-17/h4-5,7-8,12-13H,1-3,6,9-11H2,(H,24,28)(H,25,27). The normalized spacial score (nSPS) is 14.1. The van der Waals surface area contributed by atoms with Crippen molar-refractivity contribution in [3.8, 4) is 0 Å². The van der Waals surface area contributed by atoms with E-state index in [1.807, 2.05) is 4.90 Å². The Hall–Kier alpha value is -2.97. The predicted molar refractivity (Wildman–Crippen MR) is 102 cm³/mol. The Bertz CT molecular complexity index is 844. The van der Waals surface area contributed by atoms with Gasteiger partial charge in [-0.15, -0.1) is 0 Å². The molecule has 0 spiro atoms. The van der Waals surface area contributed by atoms with Crippen molar-refractivity contribution in [2.24, 2.45) is 0 Å². The largest absolute Gasteiger partial charge is 0.459 e. The molecular weight excluding hydrogens is 387 g/mol. The van der Waals surface area contributed by atoms with E-state index in [1.165, 1.54) is 18.4 Å². The van der Waals surface area contributed by atoms with E-state index >= 15 is 0 Å². The third kappa shape index (κ3) is 5.52. The van der Waals surface area contributed by atoms with Crippen molar-refractivity contribution in [1.82, 2.24) is 5.32 Å². The summed E-state index contributed by atoms with van der Waals surface area (Å²) >= 11 is 0. The number of hydrogen-bond donors (Lipinski definition) is 2. The molecule has 2 amide bonds. The lowest BCUT2D eigenvalue weighted by molar-refractivity contribution is -0.137. The first-order valence-electron chi connectivity index (χ1n) is 9.42. The van der Waals surface area contributed by atoms with Gasteiger partial charge in [0.25, 0.3) is 5.91 Å². The van der Waals surface area contributed by atoms with Crippen LogP contribution in [-0.2, 0) is 11.0 Å². The summed E-state index contributed by atoms with van der Waals surface area (Å²) in [6.07, 6.45) is -0.771. The number of rotatable bonds is 7. The zero-order valence-corrected chi connectivity index (χ0v) is 15.7. The van der Waals surface area contributed by atoms with Gasteiger partial charge in [-0.05, 0) is 49.6 Å². The van der Waals surface area contributed by atoms with Crippen LogP contribution in [0.25, 0.3) is 0 Å². The van der Waals surface area contributed by atoms with E-state index in [-0.39, 0.29) is 30.3 Å². The smallest absolute Gasteiger partial charge is 0.416 e. The Kier molecular flexibility index (Phi) is 6.46. The van der Waals surface area contributed by atoms with Crippen LogP contribution in [0.4, 0.5) is 24.5 Å². The monoisotopic (exact) mass is 409 g/mol. The summed E-state index contributed by atoms with van der Waals surface area (Å²) in [6, 6.07) is 6.54. The van der Waals surface area contributed by atoms with Gasteiger partial charge in [0.1, 0.15) is 0 Å². The number of furan rings is 1. The van der Waals surface area contributed by atoms with Gasteiger partial charge in [-0.2, -0.15) is 13.2 Å². The average Bonchev–Trinajstić information content (AvgIpc) is 3.38. The van der Waals surface area contributed by atoms with Crippen LogP contribution in [0.15, 0.2) is 41.0 Å². The molecule has 1 aromatic heterocycles. The van der Waals surface area contributed by atoms with Crippen molar-refractivity contribution in [3.63, 3.8) is 0 Å². The number of amides is 2. The maximum Gasteiger partial charge on any atom is 0.416 e. The van der Waals surface area contributed by atoms with Crippen LogP contribution in [0.5, 0.6) is 0 Å². The van der Waals surface area contributed by atoms with E-state index in [2.05, 4.69) is 10.6 Å². The summed E-state index contributed by atoms with van der Waals surface area (Å²) in [5.74, 6) is -0.615. The number of carbonyl (C=O) groups excluding carboxylic acids is 2. The van der Waals surface area contributed by atoms with Crippen molar-refractivity contribution in [2.45, 2.75) is 31.9 Å². The zero-order chi connectivity index (χ0) is 20.9. The molecule has 1 aliphatic rings. The summed E-state index contributed by atoms with van der Waals surface area (Å²) < 4.78 is 44.2. The molecule has 2 heterocycles. The Morgan fingerprint density at radius 1 is 1.14 bits per heavy atom. The van der Waals surface area contributed by atoms with Gasteiger partial charge in [-0.25, -0.2) is 0 Å². The molecule has 0 atom stereocenters. The second-order valence-electron chi connectivity index (χ2n) is 6.81. The Morgan fingerprint density at radius 3 is 2.55 bits per heavy atom. The fraction of sp³-hybridized carbons (Fsp3) is 0.400. The van der Waals surface area contributed by atoms with Crippen molar-refractivity contribution >= 4 is 23.2 Å². The molecule has 0 unspecified atom stereocenters. The first-order valence-corrected chi connectivity index (χ1v) is 9.42. The highest BCUT2D eigenvalue weighted by Crippen LogP contribution is 2.36. The van der Waals surface area contributed by atoms with E-state index in [9.17, 15) is 22.8 Å². The molecule has 0 radical (unpaired) electrons. The summed E-state index contributed by atoms with van der Waals surface area (Å²) in [5.41, 5.74) is -0.0530. The molecule has 0 aliphatic carbocycles. The van der Waals surface area contributed by atoms with E-state index in [0.29, 0.717) is 12.1 Å². The fourth-order valence-electron chi connectivity index (χ4n) is 3.20. The SMILES string of the molecule is O=C(CCCNC(=O)c1ccco1)Nc1cc(C(F)(F)F)ccc1N1CCCC1. The minimum atomic E-state index is -4.49. The molecule has 1 fully saturated rings. The van der Waals surface area contributed by atoms with Gasteiger partial charge < -0.3 is 20.0 Å². The summed E-state index contributed by atoms with van der Waals surface area (Å²) in [6.45, 7) is 1.73. The summed E-state index contributed by atoms with van der Waals surface area (Å²) in [4.78, 5) is 26.0. The highest BCUT2D eigenvalue weighted by molar-refractivity contribution is 5.95.